The Balaban J connectivity index is 1.77. The van der Waals surface area contributed by atoms with E-state index in [9.17, 15) is 25.2 Å². The summed E-state index contributed by atoms with van der Waals surface area (Å²) in [5, 5.41) is 43.9. The molecule has 3 aliphatic carbocycles. The van der Waals surface area contributed by atoms with Gasteiger partial charge in [-0.3, -0.25) is 4.79 Å². The monoisotopic (exact) mass is 664 g/mol. The quantitative estimate of drug-likeness (QED) is 0.124. The second kappa shape index (κ2) is 14.1. The molecule has 0 radical (unpaired) electrons. The molecule has 47 heavy (non-hydrogen) atoms. The average molecular weight is 665 g/mol. The molecular formula is C38H64O9. The van der Waals surface area contributed by atoms with E-state index in [0.29, 0.717) is 32.3 Å². The molecule has 4 rings (SSSR count). The molecule has 0 aromatic carbocycles. The molecular weight excluding hydrogens is 600 g/mol. The lowest BCUT2D eigenvalue weighted by atomic mass is 9.37. The largest absolute Gasteiger partial charge is 0.466 e. The van der Waals surface area contributed by atoms with E-state index >= 15 is 0 Å². The van der Waals surface area contributed by atoms with Gasteiger partial charge >= 0.3 is 5.97 Å². The van der Waals surface area contributed by atoms with Crippen LogP contribution in [0.15, 0.2) is 24.3 Å². The minimum absolute atomic E-state index is 0.0712. The third-order valence-electron chi connectivity index (χ3n) is 13.5. The van der Waals surface area contributed by atoms with Gasteiger partial charge in [-0.1, -0.05) is 45.1 Å². The summed E-state index contributed by atoms with van der Waals surface area (Å²) in [6, 6.07) is 0. The van der Waals surface area contributed by atoms with Gasteiger partial charge in [0.05, 0.1) is 30.5 Å². The van der Waals surface area contributed by atoms with Gasteiger partial charge in [0.2, 0.25) is 0 Å². The van der Waals surface area contributed by atoms with Gasteiger partial charge in [-0.2, -0.15) is 0 Å². The molecule has 1 aliphatic heterocycles. The Labute approximate surface area is 283 Å². The molecule has 9 heteroatoms. The lowest BCUT2D eigenvalue weighted by Gasteiger charge is -2.68. The number of carbonyl (C=O) groups excluding carboxylic acids is 1. The molecule has 1 heterocycles. The van der Waals surface area contributed by atoms with E-state index in [1.54, 1.807) is 7.11 Å². The number of hydrogen-bond acceptors (Lipinski definition) is 9. The topological polar surface area (TPSA) is 135 Å². The highest BCUT2D eigenvalue weighted by Gasteiger charge is 2.70. The van der Waals surface area contributed by atoms with E-state index < -0.39 is 41.9 Å². The fraction of sp³-hybridized carbons (Fsp3) is 0.868. The summed E-state index contributed by atoms with van der Waals surface area (Å²) in [6.45, 7) is 21.5. The number of aliphatic hydroxyl groups is 4. The van der Waals surface area contributed by atoms with Gasteiger partial charge in [-0.15, -0.1) is 0 Å². The number of ether oxygens (including phenoxy) is 4. The molecule has 4 fully saturated rings. The highest BCUT2D eigenvalue weighted by molar-refractivity contribution is 5.69. The fourth-order valence-corrected chi connectivity index (χ4v) is 10.6. The summed E-state index contributed by atoms with van der Waals surface area (Å²) in [6.07, 6.45) is 4.23. The number of hydrogen-bond donors (Lipinski definition) is 4. The summed E-state index contributed by atoms with van der Waals surface area (Å²) in [5.41, 5.74) is -1.03. The summed E-state index contributed by atoms with van der Waals surface area (Å²) >= 11 is 0. The first-order valence-corrected chi connectivity index (χ1v) is 17.9. The number of carbonyl (C=O) groups is 1. The van der Waals surface area contributed by atoms with Crippen molar-refractivity contribution < 1.29 is 44.2 Å². The van der Waals surface area contributed by atoms with E-state index in [4.69, 9.17) is 18.9 Å². The molecule has 0 bridgehead atoms. The van der Waals surface area contributed by atoms with Crippen LogP contribution in [0.5, 0.6) is 0 Å². The van der Waals surface area contributed by atoms with Crippen LogP contribution in [0.3, 0.4) is 0 Å². The molecule has 4 N–H and O–H groups in total. The van der Waals surface area contributed by atoms with Crippen molar-refractivity contribution in [2.75, 3.05) is 20.3 Å². The van der Waals surface area contributed by atoms with E-state index in [1.807, 2.05) is 39.8 Å². The maximum Gasteiger partial charge on any atom is 0.305 e. The molecule has 13 atom stereocenters. The molecule has 9 nitrogen and oxygen atoms in total. The Kier molecular flexibility index (Phi) is 11.6. The Morgan fingerprint density at radius 2 is 1.72 bits per heavy atom. The van der Waals surface area contributed by atoms with Crippen LogP contribution in [0.4, 0.5) is 0 Å². The lowest BCUT2D eigenvalue weighted by molar-refractivity contribution is -0.312. The van der Waals surface area contributed by atoms with E-state index in [0.717, 1.165) is 31.3 Å². The summed E-state index contributed by atoms with van der Waals surface area (Å²) in [4.78, 5) is 12.7. The Hall–Kier alpha value is -1.33. The van der Waals surface area contributed by atoms with Crippen molar-refractivity contribution in [3.8, 4) is 0 Å². The second-order valence-corrected chi connectivity index (χ2v) is 16.7. The van der Waals surface area contributed by atoms with Gasteiger partial charge in [-0.25, -0.2) is 0 Å². The molecule has 0 amide bonds. The van der Waals surface area contributed by atoms with Crippen molar-refractivity contribution >= 4 is 5.97 Å². The summed E-state index contributed by atoms with van der Waals surface area (Å²) in [7, 11) is 1.67. The molecule has 0 spiro atoms. The molecule has 3 saturated carbocycles. The fourth-order valence-electron chi connectivity index (χ4n) is 10.6. The number of methoxy groups -OCH3 is 1. The van der Waals surface area contributed by atoms with Crippen molar-refractivity contribution in [1.29, 1.82) is 0 Å². The predicted octanol–water partition coefficient (Wildman–Crippen LogP) is 5.33. The molecule has 0 unspecified atom stereocenters. The van der Waals surface area contributed by atoms with Crippen LogP contribution in [0.1, 0.15) is 107 Å². The Morgan fingerprint density at radius 3 is 2.34 bits per heavy atom. The van der Waals surface area contributed by atoms with Crippen LogP contribution in [0, 0.1) is 39.9 Å². The number of aliphatic hydroxyl groups excluding tert-OH is 3. The number of fused-ring (bicyclic) bond motifs is 3. The van der Waals surface area contributed by atoms with E-state index in [1.165, 1.54) is 0 Å². The van der Waals surface area contributed by atoms with Crippen LogP contribution in [0.25, 0.3) is 0 Å². The number of allylic oxidation sites excluding steroid dienone is 1. The number of rotatable bonds is 12. The van der Waals surface area contributed by atoms with Crippen molar-refractivity contribution in [1.82, 2.24) is 0 Å². The van der Waals surface area contributed by atoms with Gasteiger partial charge in [0.1, 0.15) is 18.3 Å². The molecule has 0 aromatic rings. The molecule has 270 valence electrons. The lowest BCUT2D eigenvalue weighted by Crippen LogP contribution is -2.65. The minimum Gasteiger partial charge on any atom is -0.466 e. The van der Waals surface area contributed by atoms with Crippen molar-refractivity contribution in [3.05, 3.63) is 24.3 Å². The maximum atomic E-state index is 12.7. The van der Waals surface area contributed by atoms with Crippen molar-refractivity contribution in [3.63, 3.8) is 0 Å². The van der Waals surface area contributed by atoms with Crippen LogP contribution in [0.2, 0.25) is 0 Å². The third-order valence-corrected chi connectivity index (χ3v) is 13.5. The molecule has 1 saturated heterocycles. The average Bonchev–Trinajstić information content (AvgIpc) is 3.37. The zero-order chi connectivity index (χ0) is 35.2. The second-order valence-electron chi connectivity index (χ2n) is 16.7. The highest BCUT2D eigenvalue weighted by atomic mass is 16.7. The van der Waals surface area contributed by atoms with E-state index in [-0.39, 0.29) is 52.5 Å². The smallest absolute Gasteiger partial charge is 0.305 e. The summed E-state index contributed by atoms with van der Waals surface area (Å²) < 4.78 is 23.6. The third kappa shape index (κ3) is 7.15. The van der Waals surface area contributed by atoms with Crippen LogP contribution < -0.4 is 0 Å². The highest BCUT2D eigenvalue weighted by Crippen LogP contribution is 2.74. The Bertz CT molecular complexity index is 1150. The van der Waals surface area contributed by atoms with E-state index in [2.05, 4.69) is 34.3 Å². The SMILES string of the molecule is C=C(C)[C@@H]1CC[C@]2(C)[C@H](C[C@@H](O[C@@H]3OC[C@H](O)[C@H](O)[C@H]3O)[C@@H]3[C@@H]([C@@](C)(O)CC=CC(C)(C)OC)CC[C@]32C)[C@@]1(C)CCC(=O)OCC. The van der Waals surface area contributed by atoms with Gasteiger partial charge < -0.3 is 39.4 Å². The molecule has 4 aliphatic rings. The first kappa shape index (κ1) is 38.5. The van der Waals surface area contributed by atoms with Crippen molar-refractivity contribution in [2.24, 2.45) is 39.9 Å². The van der Waals surface area contributed by atoms with Crippen LogP contribution in [-0.4, -0.2) is 88.6 Å². The van der Waals surface area contributed by atoms with Gasteiger partial charge in [0, 0.05) is 13.5 Å². The summed E-state index contributed by atoms with van der Waals surface area (Å²) in [5.74, 6) is -0.0287. The zero-order valence-electron chi connectivity index (χ0n) is 30.5. The maximum absolute atomic E-state index is 12.7. The normalized spacial score (nSPS) is 43.6. The van der Waals surface area contributed by atoms with Gasteiger partial charge in [0.15, 0.2) is 6.29 Å². The Morgan fingerprint density at radius 1 is 1.06 bits per heavy atom. The minimum atomic E-state index is -1.41. The standard InChI is InChI=1S/C38H64O9/c1-11-45-29(40)15-18-35(6)24(23(2)3)13-19-36(7)28(35)21-27(47-33-32(42)31(41)26(39)22-46-33)30-25(14-20-37(30,36)8)38(9,43)17-12-16-34(4,5)44-10/h12,16,24-28,30-33,39,41-43H,2,11,13-15,17-22H2,1,3-10H3/t24-,25-,26-,27+,28+,30-,31-,32+,33-,35-,36+,37+,38-/m0/s1. The molecule has 0 aromatic heterocycles. The van der Waals surface area contributed by atoms with Gasteiger partial charge in [-0.05, 0) is 119 Å². The first-order valence-electron chi connectivity index (χ1n) is 17.9. The zero-order valence-corrected chi connectivity index (χ0v) is 30.5. The van der Waals surface area contributed by atoms with Crippen LogP contribution in [-0.2, 0) is 23.7 Å². The predicted molar refractivity (Wildman–Crippen MR) is 180 cm³/mol. The van der Waals surface area contributed by atoms with Crippen LogP contribution >= 0.6 is 0 Å². The number of esters is 1. The van der Waals surface area contributed by atoms with Crippen molar-refractivity contribution in [2.45, 2.75) is 149 Å². The van der Waals surface area contributed by atoms with Gasteiger partial charge in [0.25, 0.3) is 0 Å². The first-order chi connectivity index (χ1) is 21.8.